The topological polar surface area (TPSA) is 81.7 Å². The number of nitrogens with one attached hydrogen (secondary N) is 1. The maximum absolute atomic E-state index is 13.6. The highest BCUT2D eigenvalue weighted by Crippen LogP contribution is 2.65. The first-order valence-electron chi connectivity index (χ1n) is 12.7. The minimum atomic E-state index is -0.495. The SMILES string of the molecule is CC(=O)Oc1ccc(CCNC(=O)C23CC4CC(C2)CC(c2ccc(Cl)cc2)(C4)C3)cc1OC(C)=O. The van der Waals surface area contributed by atoms with Crippen LogP contribution < -0.4 is 14.8 Å². The van der Waals surface area contributed by atoms with Crippen molar-refractivity contribution >= 4 is 29.4 Å². The van der Waals surface area contributed by atoms with Gasteiger partial charge in [-0.25, -0.2) is 0 Å². The maximum atomic E-state index is 13.6. The van der Waals surface area contributed by atoms with Crippen LogP contribution in [0.1, 0.15) is 63.5 Å². The van der Waals surface area contributed by atoms with Gasteiger partial charge < -0.3 is 14.8 Å². The van der Waals surface area contributed by atoms with Gasteiger partial charge in [0.1, 0.15) is 0 Å². The maximum Gasteiger partial charge on any atom is 0.308 e. The highest BCUT2D eigenvalue weighted by Gasteiger charge is 2.60. The molecule has 190 valence electrons. The molecule has 4 bridgehead atoms. The second-order valence-corrected chi connectivity index (χ2v) is 11.4. The lowest BCUT2D eigenvalue weighted by molar-refractivity contribution is -0.149. The van der Waals surface area contributed by atoms with Gasteiger partial charge in [-0.3, -0.25) is 14.4 Å². The van der Waals surface area contributed by atoms with Crippen LogP contribution in [0.5, 0.6) is 11.5 Å². The first kappa shape index (κ1) is 24.8. The molecule has 7 heteroatoms. The number of benzene rings is 2. The van der Waals surface area contributed by atoms with E-state index in [1.165, 1.54) is 25.8 Å². The van der Waals surface area contributed by atoms with Crippen LogP contribution in [0.25, 0.3) is 0 Å². The van der Waals surface area contributed by atoms with E-state index >= 15 is 0 Å². The molecule has 2 unspecified atom stereocenters. The summed E-state index contributed by atoms with van der Waals surface area (Å²) in [4.78, 5) is 36.5. The number of amides is 1. The standard InChI is InChI=1S/C29H32ClNO5/c1-18(32)35-25-8-3-20(12-26(25)36-19(2)33)9-10-31-27(34)29-15-21-11-22(16-29)14-28(13-21,17-29)23-4-6-24(30)7-5-23/h3-8,12,21-22H,9-11,13-17H2,1-2H3,(H,31,34). The van der Waals surface area contributed by atoms with Crippen molar-refractivity contribution < 1.29 is 23.9 Å². The third-order valence-electron chi connectivity index (χ3n) is 8.21. The van der Waals surface area contributed by atoms with Gasteiger partial charge in [0.25, 0.3) is 0 Å². The number of esters is 2. The Labute approximate surface area is 216 Å². The minimum absolute atomic E-state index is 0.0670. The third-order valence-corrected chi connectivity index (χ3v) is 8.47. The number of rotatable bonds is 7. The van der Waals surface area contributed by atoms with E-state index in [-0.39, 0.29) is 28.2 Å². The van der Waals surface area contributed by atoms with Gasteiger partial charge in [-0.1, -0.05) is 29.8 Å². The first-order valence-corrected chi connectivity index (χ1v) is 13.1. The molecule has 2 aromatic rings. The molecule has 2 atom stereocenters. The molecule has 0 saturated heterocycles. The van der Waals surface area contributed by atoms with Crippen molar-refractivity contribution in [3.8, 4) is 11.5 Å². The molecule has 6 rings (SSSR count). The van der Waals surface area contributed by atoms with Crippen LogP contribution >= 0.6 is 11.6 Å². The van der Waals surface area contributed by atoms with Gasteiger partial charge in [0, 0.05) is 25.4 Å². The fourth-order valence-corrected chi connectivity index (χ4v) is 7.49. The zero-order valence-corrected chi connectivity index (χ0v) is 21.5. The van der Waals surface area contributed by atoms with Crippen LogP contribution in [0, 0.1) is 17.3 Å². The summed E-state index contributed by atoms with van der Waals surface area (Å²) in [6.07, 6.45) is 6.97. The fraction of sp³-hybridized carbons (Fsp3) is 0.483. The molecule has 36 heavy (non-hydrogen) atoms. The van der Waals surface area contributed by atoms with Crippen LogP contribution in [-0.2, 0) is 26.2 Å². The van der Waals surface area contributed by atoms with E-state index in [9.17, 15) is 14.4 Å². The zero-order chi connectivity index (χ0) is 25.5. The minimum Gasteiger partial charge on any atom is -0.423 e. The molecule has 0 aliphatic heterocycles. The molecule has 2 aromatic carbocycles. The Bertz CT molecular complexity index is 1180. The number of halogens is 1. The van der Waals surface area contributed by atoms with E-state index in [0.717, 1.165) is 42.7 Å². The van der Waals surface area contributed by atoms with Gasteiger partial charge in [-0.2, -0.15) is 0 Å². The smallest absolute Gasteiger partial charge is 0.308 e. The molecule has 0 aromatic heterocycles. The molecule has 1 amide bonds. The molecule has 0 heterocycles. The molecule has 4 saturated carbocycles. The average Bonchev–Trinajstić information content (AvgIpc) is 2.79. The number of ether oxygens (including phenoxy) is 2. The molecule has 4 aliphatic carbocycles. The van der Waals surface area contributed by atoms with Crippen molar-refractivity contribution in [3.63, 3.8) is 0 Å². The summed E-state index contributed by atoms with van der Waals surface area (Å²) in [5.74, 6) is 0.756. The number of hydrogen-bond donors (Lipinski definition) is 1. The first-order chi connectivity index (χ1) is 17.2. The quantitative estimate of drug-likeness (QED) is 0.400. The molecular formula is C29H32ClNO5. The van der Waals surface area contributed by atoms with Gasteiger partial charge >= 0.3 is 11.9 Å². The lowest BCUT2D eigenvalue weighted by Crippen LogP contribution is -2.59. The van der Waals surface area contributed by atoms with Crippen molar-refractivity contribution in [3.05, 3.63) is 58.6 Å². The normalized spacial score (nSPS) is 28.0. The Morgan fingerprint density at radius 2 is 1.56 bits per heavy atom. The van der Waals surface area contributed by atoms with E-state index in [4.69, 9.17) is 21.1 Å². The predicted molar refractivity (Wildman–Crippen MR) is 136 cm³/mol. The summed E-state index contributed by atoms with van der Waals surface area (Å²) < 4.78 is 10.4. The predicted octanol–water partition coefficient (Wildman–Crippen LogP) is 5.39. The zero-order valence-electron chi connectivity index (χ0n) is 20.8. The largest absolute Gasteiger partial charge is 0.423 e. The molecule has 6 nitrogen and oxygen atoms in total. The Kier molecular flexibility index (Phi) is 6.58. The highest BCUT2D eigenvalue weighted by atomic mass is 35.5. The molecule has 4 aliphatic rings. The molecule has 4 fully saturated rings. The molecular weight excluding hydrogens is 478 g/mol. The van der Waals surface area contributed by atoms with E-state index in [1.54, 1.807) is 12.1 Å². The van der Waals surface area contributed by atoms with Crippen molar-refractivity contribution in [2.45, 2.75) is 64.2 Å². The van der Waals surface area contributed by atoms with Gasteiger partial charge in [-0.15, -0.1) is 0 Å². The summed E-state index contributed by atoms with van der Waals surface area (Å²) in [6.45, 7) is 3.07. The van der Waals surface area contributed by atoms with E-state index in [2.05, 4.69) is 17.4 Å². The van der Waals surface area contributed by atoms with Gasteiger partial charge in [0.15, 0.2) is 11.5 Å². The number of carbonyl (C=O) groups excluding carboxylic acids is 3. The van der Waals surface area contributed by atoms with Crippen LogP contribution in [0.4, 0.5) is 0 Å². The summed E-state index contributed by atoms with van der Waals surface area (Å²) in [7, 11) is 0. The van der Waals surface area contributed by atoms with Gasteiger partial charge in [-0.05, 0) is 97.6 Å². The highest BCUT2D eigenvalue weighted by molar-refractivity contribution is 6.30. The van der Waals surface area contributed by atoms with E-state index in [0.29, 0.717) is 24.8 Å². The average molecular weight is 510 g/mol. The van der Waals surface area contributed by atoms with Crippen molar-refractivity contribution in [1.29, 1.82) is 0 Å². The second-order valence-electron chi connectivity index (χ2n) is 11.0. The summed E-state index contributed by atoms with van der Waals surface area (Å²) in [5.41, 5.74) is 1.96. The summed E-state index contributed by atoms with van der Waals surface area (Å²) in [6, 6.07) is 13.4. The van der Waals surface area contributed by atoms with Crippen molar-refractivity contribution in [1.82, 2.24) is 5.32 Å². The Morgan fingerprint density at radius 3 is 2.19 bits per heavy atom. The van der Waals surface area contributed by atoms with E-state index < -0.39 is 11.9 Å². The van der Waals surface area contributed by atoms with Gasteiger partial charge in [0.05, 0.1) is 5.41 Å². The van der Waals surface area contributed by atoms with Gasteiger partial charge in [0.2, 0.25) is 5.91 Å². The summed E-state index contributed by atoms with van der Waals surface area (Å²) >= 11 is 6.16. The monoisotopic (exact) mass is 509 g/mol. The van der Waals surface area contributed by atoms with Crippen LogP contribution in [0.15, 0.2) is 42.5 Å². The molecule has 1 N–H and O–H groups in total. The lowest BCUT2D eigenvalue weighted by atomic mass is 9.42. The van der Waals surface area contributed by atoms with Crippen LogP contribution in [-0.4, -0.2) is 24.4 Å². The third kappa shape index (κ3) is 4.88. The lowest BCUT2D eigenvalue weighted by Gasteiger charge is -2.61. The second kappa shape index (κ2) is 9.55. The Morgan fingerprint density at radius 1 is 0.917 bits per heavy atom. The summed E-state index contributed by atoms with van der Waals surface area (Å²) in [5, 5.41) is 3.96. The Hall–Kier alpha value is -2.86. The van der Waals surface area contributed by atoms with Crippen LogP contribution in [0.3, 0.4) is 0 Å². The van der Waals surface area contributed by atoms with E-state index in [1.807, 2.05) is 18.2 Å². The van der Waals surface area contributed by atoms with Crippen molar-refractivity contribution in [2.75, 3.05) is 6.54 Å². The van der Waals surface area contributed by atoms with Crippen LogP contribution in [0.2, 0.25) is 5.02 Å². The number of carbonyl (C=O) groups is 3. The number of hydrogen-bond acceptors (Lipinski definition) is 5. The fourth-order valence-electron chi connectivity index (χ4n) is 7.36. The molecule has 0 spiro atoms. The molecule has 0 radical (unpaired) electrons. The van der Waals surface area contributed by atoms with Crippen molar-refractivity contribution in [2.24, 2.45) is 17.3 Å². The Balaban J connectivity index is 1.27.